The minimum atomic E-state index is -2.51. The lowest BCUT2D eigenvalue weighted by molar-refractivity contribution is -0.441. The van der Waals surface area contributed by atoms with Gasteiger partial charge in [-0.1, -0.05) is 20.8 Å². The van der Waals surface area contributed by atoms with E-state index in [-0.39, 0.29) is 44.5 Å². The molecule has 5 unspecified atom stereocenters. The smallest absolute Gasteiger partial charge is 0.309 e. The maximum Gasteiger partial charge on any atom is 0.309 e. The van der Waals surface area contributed by atoms with Crippen LogP contribution in [0.3, 0.4) is 0 Å². The van der Waals surface area contributed by atoms with Gasteiger partial charge in [0.15, 0.2) is 23.3 Å². The fourth-order valence-corrected chi connectivity index (χ4v) is 10.7. The highest BCUT2D eigenvalue weighted by molar-refractivity contribution is 5.96. The van der Waals surface area contributed by atoms with E-state index in [9.17, 15) is 24.9 Å². The Balaban J connectivity index is 1.49. The fraction of sp³-hybridized carbons (Fsp3) is 0.839. The first-order valence-electron chi connectivity index (χ1n) is 15.4. The second-order valence-corrected chi connectivity index (χ2v) is 14.4. The molecule has 8 rings (SSSR count). The van der Waals surface area contributed by atoms with Crippen LogP contribution < -0.4 is 0 Å². The fourth-order valence-electron chi connectivity index (χ4n) is 10.7. The second kappa shape index (κ2) is 8.29. The van der Waals surface area contributed by atoms with Crippen LogP contribution in [0.25, 0.3) is 0 Å². The molecule has 5 aliphatic heterocycles. The van der Waals surface area contributed by atoms with Gasteiger partial charge in [-0.25, -0.2) is 9.78 Å². The minimum Gasteiger partial charge on any atom is -0.459 e. The van der Waals surface area contributed by atoms with Crippen molar-refractivity contribution in [3.05, 3.63) is 12.2 Å². The van der Waals surface area contributed by atoms with Gasteiger partial charge in [0.25, 0.3) is 0 Å². The van der Waals surface area contributed by atoms with Crippen molar-refractivity contribution in [2.45, 2.75) is 120 Å². The van der Waals surface area contributed by atoms with Crippen LogP contribution in [0, 0.1) is 34.5 Å². The van der Waals surface area contributed by atoms with E-state index < -0.39 is 92.8 Å². The molecular weight excluding hydrogens is 548 g/mol. The zero-order chi connectivity index (χ0) is 30.5. The highest BCUT2D eigenvalue weighted by Gasteiger charge is 2.87. The van der Waals surface area contributed by atoms with Gasteiger partial charge < -0.3 is 29.5 Å². The van der Waals surface area contributed by atoms with Crippen molar-refractivity contribution < 1.29 is 53.7 Å². The van der Waals surface area contributed by atoms with Crippen LogP contribution in [0.1, 0.15) is 73.6 Å². The predicted octanol–water partition coefficient (Wildman–Crippen LogP) is 1.54. The molecule has 14 atom stereocenters. The number of hydrogen-bond donors (Lipinski definition) is 3. The lowest BCUT2D eigenvalue weighted by Crippen LogP contribution is -2.82. The van der Waals surface area contributed by atoms with Gasteiger partial charge in [0, 0.05) is 12.5 Å². The molecule has 4 saturated heterocycles. The Labute approximate surface area is 244 Å². The predicted molar refractivity (Wildman–Crippen MR) is 142 cm³/mol. The van der Waals surface area contributed by atoms with Crippen molar-refractivity contribution in [2.75, 3.05) is 6.61 Å². The average Bonchev–Trinajstić information content (AvgIpc) is 3.23. The molecule has 0 aromatic heterocycles. The summed E-state index contributed by atoms with van der Waals surface area (Å²) in [6, 6.07) is 0. The summed E-state index contributed by atoms with van der Waals surface area (Å²) in [5.74, 6) is -7.59. The Morgan fingerprint density at radius 1 is 1.07 bits per heavy atom. The van der Waals surface area contributed by atoms with E-state index in [4.69, 9.17) is 24.0 Å². The Kier molecular flexibility index (Phi) is 5.73. The number of aliphatic hydroxyl groups excluding tert-OH is 1. The summed E-state index contributed by atoms with van der Waals surface area (Å²) in [5, 5.41) is 37.2. The maximum atomic E-state index is 15.0. The van der Waals surface area contributed by atoms with Gasteiger partial charge in [-0.15, -0.1) is 0 Å². The van der Waals surface area contributed by atoms with Crippen molar-refractivity contribution in [3.8, 4) is 0 Å². The molecule has 3 aliphatic carbocycles. The second-order valence-electron chi connectivity index (χ2n) is 14.4. The summed E-state index contributed by atoms with van der Waals surface area (Å²) >= 11 is 0. The standard InChI is InChI=1S/C31H42O11/c1-7-28(36)11-9-16-17(13-19(32)29-12-10-18(40-42-29)22(33)26(16,29)5)30(37)23(34)21-25(4)14-20(39-24(35)15(25)3)27(6,38-8-2)31(21,28)41-30/h10,12,15-21,32,36-37H,7-9,11,13-14H2,1-6H3/t15-,16?,17?,18+,19+,20?,21?,25+,26-,27-,28-,29+,30?,31-/m0/s1. The van der Waals surface area contributed by atoms with Gasteiger partial charge in [-0.2, -0.15) is 0 Å². The van der Waals surface area contributed by atoms with E-state index in [2.05, 4.69) is 0 Å². The number of carbonyl (C=O) groups is 3. The third-order valence-corrected chi connectivity index (χ3v) is 13.3. The molecule has 2 saturated carbocycles. The van der Waals surface area contributed by atoms with Crippen LogP contribution >= 0.6 is 0 Å². The molecule has 6 bridgehead atoms. The Morgan fingerprint density at radius 2 is 1.79 bits per heavy atom. The van der Waals surface area contributed by atoms with Crippen LogP contribution in [0.4, 0.5) is 0 Å². The topological polar surface area (TPSA) is 158 Å². The number of ketones is 2. The largest absolute Gasteiger partial charge is 0.459 e. The molecule has 11 nitrogen and oxygen atoms in total. The highest BCUT2D eigenvalue weighted by Crippen LogP contribution is 2.72. The van der Waals surface area contributed by atoms with E-state index in [1.807, 2.05) is 6.92 Å². The van der Waals surface area contributed by atoms with Crippen LogP contribution in [-0.4, -0.2) is 86.0 Å². The van der Waals surface area contributed by atoms with Crippen molar-refractivity contribution in [1.29, 1.82) is 0 Å². The van der Waals surface area contributed by atoms with E-state index in [0.717, 1.165) is 0 Å². The summed E-state index contributed by atoms with van der Waals surface area (Å²) in [6.45, 7) is 10.7. The summed E-state index contributed by atoms with van der Waals surface area (Å²) in [7, 11) is 0. The van der Waals surface area contributed by atoms with Crippen molar-refractivity contribution >= 4 is 17.5 Å². The number of Topliss-reactive ketones (excluding diaryl/α,β-unsaturated/α-hetero) is 2. The average molecular weight is 591 g/mol. The molecule has 0 amide bonds. The first kappa shape index (κ1) is 29.0. The van der Waals surface area contributed by atoms with Crippen LogP contribution in [-0.2, 0) is 38.4 Å². The van der Waals surface area contributed by atoms with Crippen molar-refractivity contribution in [1.82, 2.24) is 0 Å². The molecule has 42 heavy (non-hydrogen) atoms. The quantitative estimate of drug-likeness (QED) is 0.249. The zero-order valence-corrected chi connectivity index (χ0v) is 25.0. The van der Waals surface area contributed by atoms with Crippen molar-refractivity contribution in [2.24, 2.45) is 34.5 Å². The van der Waals surface area contributed by atoms with Gasteiger partial charge in [-0.05, 0) is 76.4 Å². The third-order valence-electron chi connectivity index (χ3n) is 13.3. The summed E-state index contributed by atoms with van der Waals surface area (Å²) in [4.78, 5) is 53.3. The van der Waals surface area contributed by atoms with Gasteiger partial charge in [0.1, 0.15) is 17.3 Å². The molecule has 0 aromatic carbocycles. The molecule has 3 N–H and O–H groups in total. The number of ether oxygens (including phenoxy) is 3. The van der Waals surface area contributed by atoms with E-state index in [1.165, 1.54) is 0 Å². The molecule has 0 radical (unpaired) electrons. The lowest BCUT2D eigenvalue weighted by atomic mass is 9.45. The SMILES string of the molecule is CCO[C@@]1(C)C2C[C@@](C)(C3C(=O)C4(O)O[C@@]31[C@](O)(CC)CCC1C4C[C@@H](O)[C@@]34C=C[C@@H](OO3)C(=O)[C@]14C)[C@@H](C)C(=O)O2. The lowest BCUT2D eigenvalue weighted by Gasteiger charge is -2.67. The van der Waals surface area contributed by atoms with Crippen molar-refractivity contribution in [3.63, 3.8) is 0 Å². The minimum absolute atomic E-state index is 0.0998. The van der Waals surface area contributed by atoms with E-state index in [0.29, 0.717) is 0 Å². The van der Waals surface area contributed by atoms with Crippen LogP contribution in [0.2, 0.25) is 0 Å². The first-order chi connectivity index (χ1) is 19.6. The number of carbonyl (C=O) groups excluding carboxylic acids is 3. The first-order valence-corrected chi connectivity index (χ1v) is 15.4. The Hall–Kier alpha value is -1.73. The van der Waals surface area contributed by atoms with Gasteiger partial charge in [0.05, 0.1) is 29.0 Å². The van der Waals surface area contributed by atoms with Gasteiger partial charge in [-0.3, -0.25) is 14.4 Å². The van der Waals surface area contributed by atoms with Crippen LogP contribution in [0.5, 0.6) is 0 Å². The van der Waals surface area contributed by atoms with E-state index in [1.54, 1.807) is 46.8 Å². The number of fused-ring (bicyclic) bond motifs is 7. The molecule has 11 heteroatoms. The van der Waals surface area contributed by atoms with Crippen LogP contribution in [0.15, 0.2) is 12.2 Å². The third kappa shape index (κ3) is 2.74. The van der Waals surface area contributed by atoms with E-state index >= 15 is 4.79 Å². The molecule has 232 valence electrons. The zero-order valence-electron chi connectivity index (χ0n) is 25.0. The number of aliphatic hydroxyl groups is 3. The summed E-state index contributed by atoms with van der Waals surface area (Å²) in [6.07, 6.45) is 0.692. The number of hydrogen-bond acceptors (Lipinski definition) is 11. The maximum absolute atomic E-state index is 15.0. The number of esters is 1. The summed E-state index contributed by atoms with van der Waals surface area (Å²) in [5.41, 5.74) is -9.00. The Morgan fingerprint density at radius 3 is 2.40 bits per heavy atom. The highest BCUT2D eigenvalue weighted by atomic mass is 17.2. The van der Waals surface area contributed by atoms with Gasteiger partial charge >= 0.3 is 5.97 Å². The molecule has 0 aromatic rings. The molecular formula is C31H42O11. The molecule has 5 heterocycles. The Bertz CT molecular complexity index is 1300. The molecule has 8 aliphatic rings. The molecule has 2 spiro atoms. The van der Waals surface area contributed by atoms with Gasteiger partial charge in [0.2, 0.25) is 5.79 Å². The number of rotatable bonds is 3. The monoisotopic (exact) mass is 590 g/mol. The summed E-state index contributed by atoms with van der Waals surface area (Å²) < 4.78 is 19.2. The normalized spacial score (nSPS) is 59.4. The molecule has 6 fully saturated rings.